The van der Waals surface area contributed by atoms with Gasteiger partial charge in [0.15, 0.2) is 0 Å². The van der Waals surface area contributed by atoms with Crippen molar-refractivity contribution in [1.82, 2.24) is 9.55 Å². The highest BCUT2D eigenvalue weighted by Gasteiger charge is 2.10. The molecule has 0 unspecified atom stereocenters. The molecule has 0 radical (unpaired) electrons. The van der Waals surface area contributed by atoms with E-state index in [1.165, 1.54) is 0 Å². The summed E-state index contributed by atoms with van der Waals surface area (Å²) in [6.07, 6.45) is 1.06. The minimum Gasteiger partial charge on any atom is -0.312 e. The van der Waals surface area contributed by atoms with Gasteiger partial charge in [0.25, 0.3) is 10.0 Å². The lowest BCUT2D eigenvalue weighted by molar-refractivity contribution is 0.600. The van der Waals surface area contributed by atoms with Crippen molar-refractivity contribution in [2.75, 3.05) is 6.26 Å². The van der Waals surface area contributed by atoms with Gasteiger partial charge in [0.05, 0.1) is 17.5 Å². The third-order valence-electron chi connectivity index (χ3n) is 3.33. The lowest BCUT2D eigenvalue weighted by Crippen LogP contribution is -2.24. The molecular weight excluding hydrogens is 298 g/mol. The number of aryl methyl sites for hydroxylation is 1. The van der Waals surface area contributed by atoms with Crippen LogP contribution in [0.1, 0.15) is 0 Å². The van der Waals surface area contributed by atoms with Crippen LogP contribution in [0, 0.1) is 0 Å². The smallest absolute Gasteiger partial charge is 0.253 e. The van der Waals surface area contributed by atoms with Crippen LogP contribution in [0.3, 0.4) is 0 Å². The maximum Gasteiger partial charge on any atom is 0.253 e. The van der Waals surface area contributed by atoms with Gasteiger partial charge in [-0.05, 0) is 6.07 Å². The molecule has 0 aliphatic heterocycles. The first-order valence-corrected chi connectivity index (χ1v) is 8.58. The van der Waals surface area contributed by atoms with Crippen LogP contribution < -0.4 is 5.62 Å². The Morgan fingerprint density at radius 3 is 2.32 bits per heavy atom. The van der Waals surface area contributed by atoms with Gasteiger partial charge in [0.1, 0.15) is 0 Å². The molecule has 0 spiro atoms. The van der Waals surface area contributed by atoms with Crippen molar-refractivity contribution < 1.29 is 8.42 Å². The molecule has 5 nitrogen and oxygen atoms in total. The Morgan fingerprint density at radius 1 is 1.00 bits per heavy atom. The van der Waals surface area contributed by atoms with Crippen molar-refractivity contribution in [3.63, 3.8) is 0 Å². The van der Waals surface area contributed by atoms with E-state index >= 15 is 0 Å². The lowest BCUT2D eigenvalue weighted by atomic mass is 10.1. The van der Waals surface area contributed by atoms with Crippen LogP contribution >= 0.6 is 0 Å². The fraction of sp³-hybridized carbons (Fsp3) is 0.125. The van der Waals surface area contributed by atoms with E-state index in [0.717, 1.165) is 28.4 Å². The first kappa shape index (κ1) is 14.5. The van der Waals surface area contributed by atoms with E-state index in [0.29, 0.717) is 0 Å². The summed E-state index contributed by atoms with van der Waals surface area (Å²) in [6, 6.07) is 17.4. The quantitative estimate of drug-likeness (QED) is 0.728. The minimum atomic E-state index is -3.53. The topological polar surface area (TPSA) is 64.3 Å². The van der Waals surface area contributed by atoms with Crippen molar-refractivity contribution in [3.05, 3.63) is 60.2 Å². The summed E-state index contributed by atoms with van der Waals surface area (Å²) in [7, 11) is -1.77. The SMILES string of the molecule is Cn1/c(=N/S(C)(=O)=O)nc(-c2ccccc2)c2ccccc21. The Bertz CT molecular complexity index is 1010. The molecule has 0 bridgehead atoms. The molecule has 0 aliphatic rings. The van der Waals surface area contributed by atoms with E-state index in [2.05, 4.69) is 9.38 Å². The molecule has 0 saturated heterocycles. The van der Waals surface area contributed by atoms with Crippen LogP contribution in [-0.2, 0) is 17.1 Å². The number of sulfonamides is 1. The molecule has 112 valence electrons. The fourth-order valence-electron chi connectivity index (χ4n) is 2.36. The summed E-state index contributed by atoms with van der Waals surface area (Å²) in [4.78, 5) is 4.47. The molecule has 22 heavy (non-hydrogen) atoms. The van der Waals surface area contributed by atoms with Crippen molar-refractivity contribution >= 4 is 20.9 Å². The largest absolute Gasteiger partial charge is 0.312 e. The summed E-state index contributed by atoms with van der Waals surface area (Å²) >= 11 is 0. The molecule has 0 amide bonds. The third-order valence-corrected chi connectivity index (χ3v) is 3.82. The Balaban J connectivity index is 2.47. The maximum absolute atomic E-state index is 11.5. The number of benzene rings is 2. The van der Waals surface area contributed by atoms with Gasteiger partial charge in [-0.3, -0.25) is 0 Å². The van der Waals surface area contributed by atoms with Gasteiger partial charge in [0, 0.05) is 18.0 Å². The molecular formula is C16H15N3O2S. The van der Waals surface area contributed by atoms with Crippen molar-refractivity contribution in [2.24, 2.45) is 11.4 Å². The average molecular weight is 313 g/mol. The maximum atomic E-state index is 11.5. The van der Waals surface area contributed by atoms with Gasteiger partial charge in [0.2, 0.25) is 5.62 Å². The zero-order valence-electron chi connectivity index (χ0n) is 12.3. The number of hydrogen-bond donors (Lipinski definition) is 0. The molecule has 1 heterocycles. The van der Waals surface area contributed by atoms with E-state index in [4.69, 9.17) is 0 Å². The number of nitrogens with zero attached hydrogens (tertiary/aromatic N) is 3. The number of rotatable bonds is 2. The molecule has 1 aromatic heterocycles. The normalized spacial score (nSPS) is 12.7. The Kier molecular flexibility index (Phi) is 3.54. The van der Waals surface area contributed by atoms with Crippen LogP contribution in [0.25, 0.3) is 22.2 Å². The van der Waals surface area contributed by atoms with Crippen LogP contribution in [0.4, 0.5) is 0 Å². The molecule has 3 rings (SSSR count). The average Bonchev–Trinajstić information content (AvgIpc) is 2.50. The third kappa shape index (κ3) is 2.78. The standard InChI is InChI=1S/C16H15N3O2S/c1-19-14-11-7-6-10-13(14)15(12-8-4-3-5-9-12)17-16(19)18-22(2,20)21/h3-11H,1-2H3/b18-16+. The number of hydrogen-bond acceptors (Lipinski definition) is 3. The summed E-state index contributed by atoms with van der Waals surface area (Å²) < 4.78 is 28.5. The Labute approximate surface area is 128 Å². The van der Waals surface area contributed by atoms with E-state index in [1.807, 2.05) is 54.6 Å². The first-order chi connectivity index (χ1) is 10.5. The summed E-state index contributed by atoms with van der Waals surface area (Å²) in [6.45, 7) is 0. The Hall–Kier alpha value is -2.47. The van der Waals surface area contributed by atoms with E-state index < -0.39 is 10.0 Å². The first-order valence-electron chi connectivity index (χ1n) is 6.73. The lowest BCUT2D eigenvalue weighted by Gasteiger charge is -2.10. The van der Waals surface area contributed by atoms with Crippen LogP contribution in [0.5, 0.6) is 0 Å². The monoisotopic (exact) mass is 313 g/mol. The van der Waals surface area contributed by atoms with E-state index in [9.17, 15) is 8.42 Å². The molecule has 0 atom stereocenters. The second-order valence-electron chi connectivity index (χ2n) is 5.03. The summed E-state index contributed by atoms with van der Waals surface area (Å²) in [5.74, 6) is 0. The minimum absolute atomic E-state index is 0.167. The van der Waals surface area contributed by atoms with Crippen molar-refractivity contribution in [2.45, 2.75) is 0 Å². The van der Waals surface area contributed by atoms with Gasteiger partial charge < -0.3 is 4.57 Å². The Morgan fingerprint density at radius 2 is 1.64 bits per heavy atom. The van der Waals surface area contributed by atoms with Crippen LogP contribution in [0.15, 0.2) is 59.0 Å². The highest BCUT2D eigenvalue weighted by atomic mass is 32.2. The predicted molar refractivity (Wildman–Crippen MR) is 86.6 cm³/mol. The summed E-state index contributed by atoms with van der Waals surface area (Å²) in [5, 5.41) is 0.948. The van der Waals surface area contributed by atoms with Crippen molar-refractivity contribution in [1.29, 1.82) is 0 Å². The molecule has 0 N–H and O–H groups in total. The highest BCUT2D eigenvalue weighted by molar-refractivity contribution is 7.89. The highest BCUT2D eigenvalue weighted by Crippen LogP contribution is 2.24. The zero-order valence-corrected chi connectivity index (χ0v) is 13.1. The van der Waals surface area contributed by atoms with E-state index in [-0.39, 0.29) is 5.62 Å². The number of aromatic nitrogens is 2. The number of para-hydroxylation sites is 1. The van der Waals surface area contributed by atoms with Crippen molar-refractivity contribution in [3.8, 4) is 11.3 Å². The molecule has 0 aliphatic carbocycles. The molecule has 6 heteroatoms. The van der Waals surface area contributed by atoms with E-state index in [1.54, 1.807) is 11.6 Å². The second-order valence-corrected chi connectivity index (χ2v) is 6.68. The molecule has 3 aromatic rings. The van der Waals surface area contributed by atoms with Gasteiger partial charge in [-0.1, -0.05) is 48.5 Å². The molecule has 2 aromatic carbocycles. The second kappa shape index (κ2) is 5.38. The number of fused-ring (bicyclic) bond motifs is 1. The fourth-order valence-corrected chi connectivity index (χ4v) is 2.82. The predicted octanol–water partition coefficient (Wildman–Crippen LogP) is 2.10. The van der Waals surface area contributed by atoms with Gasteiger partial charge in [-0.25, -0.2) is 13.4 Å². The van der Waals surface area contributed by atoms with Crippen LogP contribution in [-0.4, -0.2) is 24.2 Å². The van der Waals surface area contributed by atoms with Crippen LogP contribution in [0.2, 0.25) is 0 Å². The molecule has 0 saturated carbocycles. The molecule has 0 fully saturated rings. The summed E-state index contributed by atoms with van der Waals surface area (Å²) in [5.41, 5.74) is 2.68. The van der Waals surface area contributed by atoms with Gasteiger partial charge in [-0.2, -0.15) is 0 Å². The van der Waals surface area contributed by atoms with Gasteiger partial charge in [-0.15, -0.1) is 4.40 Å². The van der Waals surface area contributed by atoms with Gasteiger partial charge >= 0.3 is 0 Å². The zero-order chi connectivity index (χ0) is 15.7.